The Labute approximate surface area is 70.5 Å². The summed E-state index contributed by atoms with van der Waals surface area (Å²) < 4.78 is 10.3. The van der Waals surface area contributed by atoms with Gasteiger partial charge < -0.3 is 14.6 Å². The summed E-state index contributed by atoms with van der Waals surface area (Å²) in [5.41, 5.74) is 0. The SMILES string of the molecule is OC[C@H]1O[C@@H]1Oc1ccccc1. The molecule has 1 aromatic rings. The summed E-state index contributed by atoms with van der Waals surface area (Å²) in [5, 5.41) is 8.65. The number of ether oxygens (including phenoxy) is 2. The molecule has 0 saturated carbocycles. The first-order chi connectivity index (χ1) is 5.90. The average molecular weight is 166 g/mol. The third kappa shape index (κ3) is 1.57. The lowest BCUT2D eigenvalue weighted by molar-refractivity contribution is 0.176. The molecule has 64 valence electrons. The first-order valence-corrected chi connectivity index (χ1v) is 3.88. The van der Waals surface area contributed by atoms with Gasteiger partial charge in [-0.2, -0.15) is 0 Å². The Kier molecular flexibility index (Phi) is 1.98. The fraction of sp³-hybridized carbons (Fsp3) is 0.333. The first kappa shape index (κ1) is 7.58. The summed E-state index contributed by atoms with van der Waals surface area (Å²) in [7, 11) is 0. The zero-order valence-electron chi connectivity index (χ0n) is 6.51. The van der Waals surface area contributed by atoms with Crippen molar-refractivity contribution in [2.45, 2.75) is 12.4 Å². The van der Waals surface area contributed by atoms with Crippen molar-refractivity contribution in [1.82, 2.24) is 0 Å². The van der Waals surface area contributed by atoms with E-state index in [4.69, 9.17) is 14.6 Å². The van der Waals surface area contributed by atoms with Gasteiger partial charge in [0.05, 0.1) is 6.61 Å². The lowest BCUT2D eigenvalue weighted by Crippen LogP contribution is -2.05. The third-order valence-corrected chi connectivity index (χ3v) is 1.71. The van der Waals surface area contributed by atoms with Crippen LogP contribution in [0.5, 0.6) is 5.75 Å². The Morgan fingerprint density at radius 3 is 2.67 bits per heavy atom. The van der Waals surface area contributed by atoms with Crippen LogP contribution in [0.2, 0.25) is 0 Å². The van der Waals surface area contributed by atoms with Crippen molar-refractivity contribution in [3.63, 3.8) is 0 Å². The summed E-state index contributed by atoms with van der Waals surface area (Å²) in [6, 6.07) is 9.42. The molecule has 0 radical (unpaired) electrons. The van der Waals surface area contributed by atoms with Crippen molar-refractivity contribution in [2.24, 2.45) is 0 Å². The molecule has 0 bridgehead atoms. The van der Waals surface area contributed by atoms with Crippen LogP contribution in [0.25, 0.3) is 0 Å². The van der Waals surface area contributed by atoms with Gasteiger partial charge in [0.1, 0.15) is 11.9 Å². The second-order valence-electron chi connectivity index (χ2n) is 2.66. The van der Waals surface area contributed by atoms with E-state index in [1.807, 2.05) is 30.3 Å². The number of para-hydroxylation sites is 1. The molecule has 1 aliphatic rings. The molecule has 0 spiro atoms. The summed E-state index contributed by atoms with van der Waals surface area (Å²) in [4.78, 5) is 0. The lowest BCUT2D eigenvalue weighted by Gasteiger charge is -1.99. The molecule has 1 aromatic carbocycles. The standard InChI is InChI=1S/C9H10O3/c10-6-8-9(12-8)11-7-4-2-1-3-5-7/h1-5,8-10H,6H2/t8-,9+/m1/s1. The van der Waals surface area contributed by atoms with Crippen LogP contribution in [0.15, 0.2) is 30.3 Å². The van der Waals surface area contributed by atoms with Gasteiger partial charge in [-0.05, 0) is 12.1 Å². The highest BCUT2D eigenvalue weighted by Crippen LogP contribution is 2.24. The van der Waals surface area contributed by atoms with Gasteiger partial charge in [0.15, 0.2) is 0 Å². The van der Waals surface area contributed by atoms with Crippen LogP contribution in [0, 0.1) is 0 Å². The topological polar surface area (TPSA) is 42.0 Å². The van der Waals surface area contributed by atoms with E-state index in [0.29, 0.717) is 0 Å². The van der Waals surface area contributed by atoms with Crippen molar-refractivity contribution in [2.75, 3.05) is 6.61 Å². The maximum absolute atomic E-state index is 8.65. The summed E-state index contributed by atoms with van der Waals surface area (Å²) in [6.45, 7) is 0.0253. The fourth-order valence-electron chi connectivity index (χ4n) is 0.993. The van der Waals surface area contributed by atoms with E-state index in [1.165, 1.54) is 0 Å². The number of epoxide rings is 1. The van der Waals surface area contributed by atoms with Crippen LogP contribution in [-0.2, 0) is 4.74 Å². The van der Waals surface area contributed by atoms with E-state index >= 15 is 0 Å². The molecule has 12 heavy (non-hydrogen) atoms. The van der Waals surface area contributed by atoms with E-state index in [1.54, 1.807) is 0 Å². The Morgan fingerprint density at radius 2 is 2.08 bits per heavy atom. The molecule has 3 nitrogen and oxygen atoms in total. The second kappa shape index (κ2) is 3.13. The van der Waals surface area contributed by atoms with Crippen LogP contribution in [0.1, 0.15) is 0 Å². The molecule has 2 atom stereocenters. The number of hydrogen-bond donors (Lipinski definition) is 1. The molecular weight excluding hydrogens is 156 g/mol. The van der Waals surface area contributed by atoms with Crippen molar-refractivity contribution in [3.8, 4) is 5.75 Å². The maximum Gasteiger partial charge on any atom is 0.229 e. The summed E-state index contributed by atoms with van der Waals surface area (Å²) in [5.74, 6) is 0.776. The Balaban J connectivity index is 1.89. The highest BCUT2D eigenvalue weighted by Gasteiger charge is 2.40. The molecule has 1 heterocycles. The smallest absolute Gasteiger partial charge is 0.229 e. The van der Waals surface area contributed by atoms with Gasteiger partial charge in [0, 0.05) is 0 Å². The number of hydrogen-bond acceptors (Lipinski definition) is 3. The molecule has 0 aliphatic carbocycles. The van der Waals surface area contributed by atoms with Crippen LogP contribution >= 0.6 is 0 Å². The Morgan fingerprint density at radius 1 is 1.33 bits per heavy atom. The van der Waals surface area contributed by atoms with E-state index in [9.17, 15) is 0 Å². The zero-order valence-corrected chi connectivity index (χ0v) is 6.51. The molecule has 3 heteroatoms. The Hall–Kier alpha value is -1.06. The number of rotatable bonds is 3. The normalized spacial score (nSPS) is 26.8. The molecule has 1 N–H and O–H groups in total. The van der Waals surface area contributed by atoms with Gasteiger partial charge in [0.2, 0.25) is 6.29 Å². The first-order valence-electron chi connectivity index (χ1n) is 3.88. The summed E-state index contributed by atoms with van der Waals surface area (Å²) >= 11 is 0. The third-order valence-electron chi connectivity index (χ3n) is 1.71. The maximum atomic E-state index is 8.65. The van der Waals surface area contributed by atoms with Crippen LogP contribution < -0.4 is 4.74 Å². The zero-order chi connectivity index (χ0) is 8.39. The number of aliphatic hydroxyl groups excluding tert-OH is 1. The average Bonchev–Trinajstić information content (AvgIpc) is 2.85. The van der Waals surface area contributed by atoms with Gasteiger partial charge in [-0.3, -0.25) is 0 Å². The molecule has 0 unspecified atom stereocenters. The molecule has 1 aliphatic heterocycles. The van der Waals surface area contributed by atoms with E-state index < -0.39 is 0 Å². The second-order valence-corrected chi connectivity index (χ2v) is 2.66. The lowest BCUT2D eigenvalue weighted by atomic mass is 10.3. The molecule has 1 saturated heterocycles. The van der Waals surface area contributed by atoms with Gasteiger partial charge in [-0.25, -0.2) is 0 Å². The minimum atomic E-state index is -0.252. The largest absolute Gasteiger partial charge is 0.462 e. The minimum Gasteiger partial charge on any atom is -0.462 e. The van der Waals surface area contributed by atoms with Gasteiger partial charge >= 0.3 is 0 Å². The minimum absolute atomic E-state index is 0.0253. The van der Waals surface area contributed by atoms with Crippen molar-refractivity contribution in [1.29, 1.82) is 0 Å². The van der Waals surface area contributed by atoms with Crippen LogP contribution in [-0.4, -0.2) is 24.1 Å². The summed E-state index contributed by atoms with van der Waals surface area (Å²) in [6.07, 6.45) is -0.386. The van der Waals surface area contributed by atoms with Gasteiger partial charge in [-0.1, -0.05) is 18.2 Å². The van der Waals surface area contributed by atoms with E-state index in [2.05, 4.69) is 0 Å². The Bertz CT molecular complexity index is 247. The fourth-order valence-corrected chi connectivity index (χ4v) is 0.993. The molecule has 0 amide bonds. The van der Waals surface area contributed by atoms with Crippen molar-refractivity contribution >= 4 is 0 Å². The predicted octanol–water partition coefficient (Wildman–Crippen LogP) is 0.783. The van der Waals surface area contributed by atoms with Gasteiger partial charge in [-0.15, -0.1) is 0 Å². The number of aliphatic hydroxyl groups is 1. The van der Waals surface area contributed by atoms with E-state index in [-0.39, 0.29) is 19.0 Å². The van der Waals surface area contributed by atoms with Crippen molar-refractivity contribution in [3.05, 3.63) is 30.3 Å². The monoisotopic (exact) mass is 166 g/mol. The van der Waals surface area contributed by atoms with Crippen LogP contribution in [0.3, 0.4) is 0 Å². The van der Waals surface area contributed by atoms with Crippen LogP contribution in [0.4, 0.5) is 0 Å². The molecular formula is C9H10O3. The highest BCUT2D eigenvalue weighted by atomic mass is 16.8. The van der Waals surface area contributed by atoms with E-state index in [0.717, 1.165) is 5.75 Å². The highest BCUT2D eigenvalue weighted by molar-refractivity contribution is 5.21. The molecule has 2 rings (SSSR count). The number of benzene rings is 1. The predicted molar refractivity (Wildman–Crippen MR) is 42.8 cm³/mol. The molecule has 1 fully saturated rings. The quantitative estimate of drug-likeness (QED) is 0.675. The van der Waals surface area contributed by atoms with Crippen molar-refractivity contribution < 1.29 is 14.6 Å². The van der Waals surface area contributed by atoms with Gasteiger partial charge in [0.25, 0.3) is 0 Å². The molecule has 0 aromatic heterocycles.